The van der Waals surface area contributed by atoms with Crippen molar-refractivity contribution >= 4 is 11.0 Å². The molecule has 0 radical (unpaired) electrons. The van der Waals surface area contributed by atoms with E-state index in [1.165, 1.54) is 16.6 Å². The molecule has 0 unspecified atom stereocenters. The highest BCUT2D eigenvalue weighted by Gasteiger charge is 2.25. The molecule has 1 aliphatic rings. The number of fused-ring (bicyclic) bond motifs is 1. The van der Waals surface area contributed by atoms with E-state index < -0.39 is 0 Å². The van der Waals surface area contributed by atoms with Crippen LogP contribution in [0.25, 0.3) is 11.0 Å². The molecule has 0 bridgehead atoms. The van der Waals surface area contributed by atoms with Crippen LogP contribution in [0, 0.1) is 0 Å². The molecule has 2 aromatic heterocycles. The summed E-state index contributed by atoms with van der Waals surface area (Å²) >= 11 is 0. The van der Waals surface area contributed by atoms with Crippen LogP contribution < -0.4 is 9.47 Å². The summed E-state index contributed by atoms with van der Waals surface area (Å²) in [7, 11) is 3.78. The van der Waals surface area contributed by atoms with Crippen molar-refractivity contribution in [2.24, 2.45) is 0 Å². The highest BCUT2D eigenvalue weighted by Crippen LogP contribution is 2.34. The number of rotatable bonds is 8. The number of nitrogens with zero attached hydrogens (tertiary/aromatic N) is 2. The largest absolute Gasteiger partial charge is 0.497 e. The van der Waals surface area contributed by atoms with Crippen LogP contribution in [-0.4, -0.2) is 48.8 Å². The van der Waals surface area contributed by atoms with Gasteiger partial charge in [-0.05, 0) is 61.9 Å². The van der Waals surface area contributed by atoms with Crippen molar-refractivity contribution in [3.05, 3.63) is 53.9 Å². The quantitative estimate of drug-likeness (QED) is 0.641. The molecule has 1 fully saturated rings. The van der Waals surface area contributed by atoms with Crippen LogP contribution in [-0.2, 0) is 11.3 Å². The van der Waals surface area contributed by atoms with Crippen molar-refractivity contribution < 1.29 is 14.2 Å². The topological polar surface area (TPSA) is 59.6 Å². The number of hydrogen-bond acceptors (Lipinski definition) is 5. The van der Waals surface area contributed by atoms with Crippen molar-refractivity contribution in [1.82, 2.24) is 14.9 Å². The highest BCUT2D eigenvalue weighted by molar-refractivity contribution is 5.81. The maximum atomic E-state index is 5.94. The van der Waals surface area contributed by atoms with E-state index in [2.05, 4.69) is 28.0 Å². The van der Waals surface area contributed by atoms with Gasteiger partial charge in [0.15, 0.2) is 0 Å². The van der Waals surface area contributed by atoms with E-state index in [1.54, 1.807) is 7.11 Å². The third-order valence-corrected chi connectivity index (χ3v) is 5.19. The van der Waals surface area contributed by atoms with E-state index in [1.807, 2.05) is 36.5 Å². The van der Waals surface area contributed by atoms with Gasteiger partial charge in [0.05, 0.1) is 18.9 Å². The third-order valence-electron chi connectivity index (χ3n) is 5.19. The predicted molar refractivity (Wildman–Crippen MR) is 109 cm³/mol. The number of H-pyrrole nitrogens is 1. The maximum absolute atomic E-state index is 5.94. The summed E-state index contributed by atoms with van der Waals surface area (Å²) in [5.74, 6) is 1.68. The van der Waals surface area contributed by atoms with E-state index in [4.69, 9.17) is 14.2 Å². The number of hydrogen-bond donors (Lipinski definition) is 1. The van der Waals surface area contributed by atoms with Crippen LogP contribution in [0.15, 0.2) is 42.6 Å². The number of likely N-dealkylation sites (N-methyl/N-ethyl adjacent to an activating group) is 1. The molecule has 1 saturated heterocycles. The summed E-state index contributed by atoms with van der Waals surface area (Å²) in [5, 5.41) is 1.18. The molecule has 0 spiro atoms. The summed E-state index contributed by atoms with van der Waals surface area (Å²) in [6, 6.07) is 11.8. The standard InChI is InChI=1S/C22H27N3O3/c1-25(12-14-27-17-9-7-16(26-2)8-10-17)15-19-18-5-3-11-23-22(18)24-21(19)20-6-4-13-28-20/h3,5,7-11,20H,4,6,12-15H2,1-2H3,(H,23,24)/t20-/m0/s1. The first kappa shape index (κ1) is 18.8. The van der Waals surface area contributed by atoms with Crippen LogP contribution in [0.1, 0.15) is 30.2 Å². The number of pyridine rings is 1. The lowest BCUT2D eigenvalue weighted by molar-refractivity contribution is 0.107. The SMILES string of the molecule is COc1ccc(OCCN(C)Cc2c([C@@H]3CCCO3)[nH]c3ncccc23)cc1. The zero-order chi connectivity index (χ0) is 19.3. The van der Waals surface area contributed by atoms with Gasteiger partial charge in [0.25, 0.3) is 0 Å². The van der Waals surface area contributed by atoms with E-state index in [9.17, 15) is 0 Å². The third kappa shape index (κ3) is 4.13. The summed E-state index contributed by atoms with van der Waals surface area (Å²) in [4.78, 5) is 10.3. The molecule has 0 amide bonds. The van der Waals surface area contributed by atoms with E-state index in [0.29, 0.717) is 6.61 Å². The summed E-state index contributed by atoms with van der Waals surface area (Å²) < 4.78 is 17.0. The fraction of sp³-hybridized carbons (Fsp3) is 0.409. The Hall–Kier alpha value is -2.57. The van der Waals surface area contributed by atoms with Crippen molar-refractivity contribution in [2.75, 3.05) is 33.9 Å². The molecule has 148 valence electrons. The number of methoxy groups -OCH3 is 1. The fourth-order valence-electron chi connectivity index (χ4n) is 3.69. The zero-order valence-electron chi connectivity index (χ0n) is 16.5. The lowest BCUT2D eigenvalue weighted by Gasteiger charge is -2.19. The van der Waals surface area contributed by atoms with Gasteiger partial charge in [-0.1, -0.05) is 0 Å². The van der Waals surface area contributed by atoms with Gasteiger partial charge in [0.1, 0.15) is 23.8 Å². The molecule has 1 aliphatic heterocycles. The van der Waals surface area contributed by atoms with Gasteiger partial charge in [0.2, 0.25) is 0 Å². The first-order valence-electron chi connectivity index (χ1n) is 9.77. The van der Waals surface area contributed by atoms with Crippen molar-refractivity contribution in [3.8, 4) is 11.5 Å². The van der Waals surface area contributed by atoms with Gasteiger partial charge in [-0.25, -0.2) is 4.98 Å². The molecule has 3 aromatic rings. The van der Waals surface area contributed by atoms with Gasteiger partial charge in [0, 0.05) is 31.3 Å². The molecule has 4 rings (SSSR count). The molecule has 1 aromatic carbocycles. The van der Waals surface area contributed by atoms with Crippen molar-refractivity contribution in [2.45, 2.75) is 25.5 Å². The molecule has 1 atom stereocenters. The minimum absolute atomic E-state index is 0.146. The Balaban J connectivity index is 1.41. The van der Waals surface area contributed by atoms with Gasteiger partial charge in [-0.3, -0.25) is 4.90 Å². The number of aromatic amines is 1. The van der Waals surface area contributed by atoms with Crippen LogP contribution >= 0.6 is 0 Å². The highest BCUT2D eigenvalue weighted by atomic mass is 16.5. The fourth-order valence-corrected chi connectivity index (χ4v) is 3.69. The van der Waals surface area contributed by atoms with Crippen LogP contribution in [0.4, 0.5) is 0 Å². The normalized spacial score (nSPS) is 16.8. The van der Waals surface area contributed by atoms with Crippen LogP contribution in [0.2, 0.25) is 0 Å². The molecule has 0 saturated carbocycles. The lowest BCUT2D eigenvalue weighted by atomic mass is 10.1. The smallest absolute Gasteiger partial charge is 0.137 e. The van der Waals surface area contributed by atoms with E-state index in [0.717, 1.165) is 49.7 Å². The van der Waals surface area contributed by atoms with Crippen molar-refractivity contribution in [3.63, 3.8) is 0 Å². The minimum atomic E-state index is 0.146. The monoisotopic (exact) mass is 381 g/mol. The molecular weight excluding hydrogens is 354 g/mol. The Morgan fingerprint density at radius 2 is 2.04 bits per heavy atom. The molecule has 3 heterocycles. The average molecular weight is 381 g/mol. The first-order chi connectivity index (χ1) is 13.7. The summed E-state index contributed by atoms with van der Waals surface area (Å²) in [5.41, 5.74) is 3.39. The molecule has 6 heteroatoms. The molecule has 0 aliphatic carbocycles. The van der Waals surface area contributed by atoms with Gasteiger partial charge >= 0.3 is 0 Å². The van der Waals surface area contributed by atoms with E-state index in [-0.39, 0.29) is 6.10 Å². The van der Waals surface area contributed by atoms with Gasteiger partial charge < -0.3 is 19.2 Å². The Morgan fingerprint density at radius 3 is 2.79 bits per heavy atom. The molecular formula is C22H27N3O3. The Morgan fingerprint density at radius 1 is 1.21 bits per heavy atom. The lowest BCUT2D eigenvalue weighted by Crippen LogP contribution is -2.24. The molecule has 28 heavy (non-hydrogen) atoms. The van der Waals surface area contributed by atoms with Gasteiger partial charge in [-0.15, -0.1) is 0 Å². The second kappa shape index (κ2) is 8.63. The zero-order valence-corrected chi connectivity index (χ0v) is 16.5. The summed E-state index contributed by atoms with van der Waals surface area (Å²) in [6.45, 7) is 3.11. The minimum Gasteiger partial charge on any atom is -0.497 e. The molecule has 6 nitrogen and oxygen atoms in total. The molecule has 1 N–H and O–H groups in total. The number of ether oxygens (including phenoxy) is 3. The Labute approximate surface area is 165 Å². The first-order valence-corrected chi connectivity index (χ1v) is 9.77. The summed E-state index contributed by atoms with van der Waals surface area (Å²) in [6.07, 6.45) is 4.14. The Bertz CT molecular complexity index is 901. The van der Waals surface area contributed by atoms with Gasteiger partial charge in [-0.2, -0.15) is 0 Å². The number of nitrogens with one attached hydrogen (secondary N) is 1. The van der Waals surface area contributed by atoms with Crippen molar-refractivity contribution in [1.29, 1.82) is 0 Å². The van der Waals surface area contributed by atoms with Crippen LogP contribution in [0.3, 0.4) is 0 Å². The van der Waals surface area contributed by atoms with Crippen LogP contribution in [0.5, 0.6) is 11.5 Å². The maximum Gasteiger partial charge on any atom is 0.137 e. The Kier molecular flexibility index (Phi) is 5.78. The average Bonchev–Trinajstić information content (AvgIpc) is 3.37. The number of benzene rings is 1. The predicted octanol–water partition coefficient (Wildman–Crippen LogP) is 3.93. The second-order valence-corrected chi connectivity index (χ2v) is 7.18. The second-order valence-electron chi connectivity index (χ2n) is 7.18. The number of aromatic nitrogens is 2. The van der Waals surface area contributed by atoms with E-state index >= 15 is 0 Å².